The summed E-state index contributed by atoms with van der Waals surface area (Å²) in [7, 11) is 1.61. The number of ether oxygens (including phenoxy) is 2. The average Bonchev–Trinajstić information content (AvgIpc) is 2.75. The van der Waals surface area contributed by atoms with E-state index in [4.69, 9.17) is 9.47 Å². The zero-order chi connectivity index (χ0) is 19.8. The highest BCUT2D eigenvalue weighted by molar-refractivity contribution is 5.97. The molecule has 1 aliphatic heterocycles. The van der Waals surface area contributed by atoms with Gasteiger partial charge in [-0.1, -0.05) is 18.2 Å². The molecule has 1 aromatic heterocycles. The molecule has 28 heavy (non-hydrogen) atoms. The summed E-state index contributed by atoms with van der Waals surface area (Å²) in [5.74, 6) is 0.343. The lowest BCUT2D eigenvalue weighted by Crippen LogP contribution is -2.44. The van der Waals surface area contributed by atoms with Gasteiger partial charge in [-0.15, -0.1) is 0 Å². The molecule has 1 N–H and O–H groups in total. The summed E-state index contributed by atoms with van der Waals surface area (Å²) in [6.45, 7) is 1.86. The van der Waals surface area contributed by atoms with Crippen LogP contribution in [0.5, 0.6) is 5.75 Å². The van der Waals surface area contributed by atoms with E-state index in [2.05, 4.69) is 10.3 Å². The minimum absolute atomic E-state index is 0.0126. The normalized spacial score (nSPS) is 16.5. The number of para-hydroxylation sites is 2. The van der Waals surface area contributed by atoms with Gasteiger partial charge in [0.15, 0.2) is 5.78 Å². The predicted molar refractivity (Wildman–Crippen MR) is 106 cm³/mol. The second-order valence-electron chi connectivity index (χ2n) is 6.63. The molecule has 0 bridgehead atoms. The molecular formula is C21H25N3O4. The highest BCUT2D eigenvalue weighted by Gasteiger charge is 2.29. The van der Waals surface area contributed by atoms with E-state index in [1.165, 1.54) is 0 Å². The number of piperidine rings is 1. The first-order valence-electron chi connectivity index (χ1n) is 9.41. The van der Waals surface area contributed by atoms with Gasteiger partial charge in [-0.05, 0) is 37.1 Å². The minimum Gasteiger partial charge on any atom is -0.489 e. The van der Waals surface area contributed by atoms with E-state index in [1.807, 2.05) is 12.1 Å². The van der Waals surface area contributed by atoms with E-state index in [-0.39, 0.29) is 17.7 Å². The number of hydrogen-bond acceptors (Lipinski definition) is 5. The Morgan fingerprint density at radius 2 is 2.00 bits per heavy atom. The largest absolute Gasteiger partial charge is 0.489 e. The highest BCUT2D eigenvalue weighted by atomic mass is 16.5. The molecule has 1 unspecified atom stereocenters. The summed E-state index contributed by atoms with van der Waals surface area (Å²) in [6, 6.07) is 12.3. The van der Waals surface area contributed by atoms with Crippen LogP contribution >= 0.6 is 0 Å². The van der Waals surface area contributed by atoms with Crippen molar-refractivity contribution in [1.29, 1.82) is 0 Å². The van der Waals surface area contributed by atoms with Gasteiger partial charge in [0.1, 0.15) is 18.1 Å². The Labute approximate surface area is 164 Å². The number of carbonyl (C=O) groups excluding carboxylic acids is 2. The molecule has 7 nitrogen and oxygen atoms in total. The fraction of sp³-hybridized carbons (Fsp3) is 0.381. The van der Waals surface area contributed by atoms with Gasteiger partial charge in [0.25, 0.3) is 0 Å². The number of pyridine rings is 1. The lowest BCUT2D eigenvalue weighted by atomic mass is 9.92. The van der Waals surface area contributed by atoms with Crippen LogP contribution in [0.4, 0.5) is 10.5 Å². The Balaban J connectivity index is 1.62. The minimum atomic E-state index is -0.235. The molecule has 1 fully saturated rings. The van der Waals surface area contributed by atoms with Gasteiger partial charge in [-0.25, -0.2) is 4.79 Å². The fourth-order valence-electron chi connectivity index (χ4n) is 3.22. The van der Waals surface area contributed by atoms with E-state index in [0.29, 0.717) is 43.4 Å². The standard InChI is InChI=1S/C21H25N3O4/c1-27-13-14-28-19-10-3-2-8-17(19)23-21(26)24-12-6-7-16(15-24)20(25)18-9-4-5-11-22-18/h2-5,8-11,16H,6-7,12-15H2,1H3,(H,23,26). The monoisotopic (exact) mass is 383 g/mol. The van der Waals surface area contributed by atoms with Crippen molar-refractivity contribution in [2.75, 3.05) is 38.7 Å². The zero-order valence-corrected chi connectivity index (χ0v) is 16.0. The topological polar surface area (TPSA) is 80.8 Å². The van der Waals surface area contributed by atoms with Crippen LogP contribution in [0.25, 0.3) is 0 Å². The maximum Gasteiger partial charge on any atom is 0.321 e. The number of rotatable bonds is 7. The first kappa shape index (κ1) is 19.8. The number of urea groups is 1. The number of carbonyl (C=O) groups is 2. The van der Waals surface area contributed by atoms with E-state index >= 15 is 0 Å². The van der Waals surface area contributed by atoms with Crippen molar-refractivity contribution in [3.8, 4) is 5.75 Å². The van der Waals surface area contributed by atoms with Crippen molar-refractivity contribution in [3.63, 3.8) is 0 Å². The van der Waals surface area contributed by atoms with Crippen molar-refractivity contribution in [1.82, 2.24) is 9.88 Å². The Morgan fingerprint density at radius 3 is 2.79 bits per heavy atom. The SMILES string of the molecule is COCCOc1ccccc1NC(=O)N1CCCC(C(=O)c2ccccn2)C1. The van der Waals surface area contributed by atoms with Crippen molar-refractivity contribution in [2.24, 2.45) is 5.92 Å². The first-order chi connectivity index (χ1) is 13.7. The molecule has 2 amide bonds. The highest BCUT2D eigenvalue weighted by Crippen LogP contribution is 2.26. The molecule has 0 spiro atoms. The molecular weight excluding hydrogens is 358 g/mol. The summed E-state index contributed by atoms with van der Waals surface area (Å²) in [5.41, 5.74) is 1.05. The lowest BCUT2D eigenvalue weighted by Gasteiger charge is -2.32. The van der Waals surface area contributed by atoms with Crippen LogP contribution in [0.15, 0.2) is 48.7 Å². The number of hydrogen-bond donors (Lipinski definition) is 1. The second kappa shape index (κ2) is 9.85. The van der Waals surface area contributed by atoms with Gasteiger partial charge in [0, 0.05) is 32.3 Å². The smallest absolute Gasteiger partial charge is 0.321 e. The Kier molecular flexibility index (Phi) is 6.97. The van der Waals surface area contributed by atoms with Crippen LogP contribution in [0.2, 0.25) is 0 Å². The van der Waals surface area contributed by atoms with Crippen LogP contribution < -0.4 is 10.1 Å². The number of ketones is 1. The maximum atomic E-state index is 12.8. The number of amides is 2. The van der Waals surface area contributed by atoms with Crippen LogP contribution in [0.3, 0.4) is 0 Å². The first-order valence-corrected chi connectivity index (χ1v) is 9.41. The van der Waals surface area contributed by atoms with Gasteiger partial charge >= 0.3 is 6.03 Å². The molecule has 0 saturated carbocycles. The van der Waals surface area contributed by atoms with Crippen molar-refractivity contribution in [2.45, 2.75) is 12.8 Å². The quantitative estimate of drug-likeness (QED) is 0.586. The van der Waals surface area contributed by atoms with Crippen molar-refractivity contribution < 1.29 is 19.1 Å². The third-order valence-electron chi connectivity index (χ3n) is 4.67. The second-order valence-corrected chi connectivity index (χ2v) is 6.63. The van der Waals surface area contributed by atoms with Crippen LogP contribution in [-0.4, -0.2) is 55.1 Å². The molecule has 0 radical (unpaired) electrons. The van der Waals surface area contributed by atoms with Gasteiger partial charge < -0.3 is 19.7 Å². The molecule has 3 rings (SSSR count). The molecule has 1 aliphatic rings. The number of Topliss-reactive ketones (excluding diaryl/α,β-unsaturated/α-hetero) is 1. The number of methoxy groups -OCH3 is 1. The summed E-state index contributed by atoms with van der Waals surface area (Å²) in [4.78, 5) is 31.3. The fourth-order valence-corrected chi connectivity index (χ4v) is 3.22. The van der Waals surface area contributed by atoms with E-state index < -0.39 is 0 Å². The Morgan fingerprint density at radius 1 is 1.18 bits per heavy atom. The number of anilines is 1. The van der Waals surface area contributed by atoms with Gasteiger partial charge in [-0.3, -0.25) is 9.78 Å². The van der Waals surface area contributed by atoms with E-state index in [0.717, 1.165) is 12.8 Å². The van der Waals surface area contributed by atoms with Gasteiger partial charge in [0.05, 0.1) is 12.3 Å². The van der Waals surface area contributed by atoms with Crippen molar-refractivity contribution in [3.05, 3.63) is 54.4 Å². The molecule has 1 aromatic carbocycles. The van der Waals surface area contributed by atoms with Crippen molar-refractivity contribution >= 4 is 17.5 Å². The third kappa shape index (κ3) is 5.07. The van der Waals surface area contributed by atoms with Crippen LogP contribution in [0, 0.1) is 5.92 Å². The molecule has 2 aromatic rings. The van der Waals surface area contributed by atoms with E-state index in [9.17, 15) is 9.59 Å². The number of aromatic nitrogens is 1. The summed E-state index contributed by atoms with van der Waals surface area (Å²) < 4.78 is 10.7. The van der Waals surface area contributed by atoms with Gasteiger partial charge in [-0.2, -0.15) is 0 Å². The summed E-state index contributed by atoms with van der Waals surface area (Å²) in [6.07, 6.45) is 3.15. The Bertz CT molecular complexity index is 797. The molecule has 1 atom stereocenters. The predicted octanol–water partition coefficient (Wildman–Crippen LogP) is 3.23. The molecule has 0 aliphatic carbocycles. The molecule has 148 valence electrons. The third-order valence-corrected chi connectivity index (χ3v) is 4.67. The number of likely N-dealkylation sites (tertiary alicyclic amines) is 1. The Hall–Kier alpha value is -2.93. The summed E-state index contributed by atoms with van der Waals surface area (Å²) in [5, 5.41) is 2.90. The van der Waals surface area contributed by atoms with Crippen LogP contribution in [0.1, 0.15) is 23.3 Å². The van der Waals surface area contributed by atoms with Gasteiger partial charge in [0.2, 0.25) is 0 Å². The molecule has 2 heterocycles. The lowest BCUT2D eigenvalue weighted by molar-refractivity contribution is 0.0846. The number of benzene rings is 1. The average molecular weight is 383 g/mol. The number of nitrogens with one attached hydrogen (secondary N) is 1. The van der Waals surface area contributed by atoms with E-state index in [1.54, 1.807) is 48.5 Å². The molecule has 1 saturated heterocycles. The van der Waals surface area contributed by atoms with Crippen LogP contribution in [-0.2, 0) is 4.74 Å². The summed E-state index contributed by atoms with van der Waals surface area (Å²) >= 11 is 0. The molecule has 7 heteroatoms. The zero-order valence-electron chi connectivity index (χ0n) is 16.0. The maximum absolute atomic E-state index is 12.8. The number of nitrogens with zero attached hydrogens (tertiary/aromatic N) is 2.